The molecule has 2 aromatic rings. The number of nitrogens with one attached hydrogen (secondary N) is 2. The topological polar surface area (TPSA) is 40.7 Å². The second kappa shape index (κ2) is 5.37. The Morgan fingerprint density at radius 3 is 3.05 bits per heavy atom. The van der Waals surface area contributed by atoms with Crippen LogP contribution in [0.5, 0.6) is 0 Å². The molecule has 2 atom stereocenters. The predicted octanol–water partition coefficient (Wildman–Crippen LogP) is 3.27. The van der Waals surface area contributed by atoms with Gasteiger partial charge in [-0.05, 0) is 42.9 Å². The molecule has 0 amide bonds. The third-order valence-corrected chi connectivity index (χ3v) is 4.36. The van der Waals surface area contributed by atoms with Gasteiger partial charge in [0.1, 0.15) is 5.82 Å². The van der Waals surface area contributed by atoms with Crippen molar-refractivity contribution in [2.45, 2.75) is 39.3 Å². The average Bonchev–Trinajstić information content (AvgIpc) is 2.83. The number of hydrogen-bond donors (Lipinski definition) is 2. The van der Waals surface area contributed by atoms with Crippen molar-refractivity contribution in [2.75, 3.05) is 0 Å². The second-order valence-corrected chi connectivity index (χ2v) is 5.70. The number of aromatic amines is 1. The predicted molar refractivity (Wildman–Crippen MR) is 76.8 cm³/mol. The lowest BCUT2D eigenvalue weighted by molar-refractivity contribution is 0.338. The first-order valence-electron chi connectivity index (χ1n) is 7.16. The van der Waals surface area contributed by atoms with Crippen molar-refractivity contribution in [2.24, 2.45) is 5.92 Å². The molecule has 0 radical (unpaired) electrons. The van der Waals surface area contributed by atoms with Crippen molar-refractivity contribution >= 4 is 0 Å². The molecule has 1 aromatic heterocycles. The van der Waals surface area contributed by atoms with E-state index in [1.807, 2.05) is 25.3 Å². The maximum atomic E-state index is 13.9. The highest BCUT2D eigenvalue weighted by molar-refractivity contribution is 5.34. The van der Waals surface area contributed by atoms with Gasteiger partial charge in [-0.15, -0.1) is 0 Å². The smallest absolute Gasteiger partial charge is 0.126 e. The summed E-state index contributed by atoms with van der Waals surface area (Å²) in [7, 11) is 0. The van der Waals surface area contributed by atoms with Crippen LogP contribution in [0.25, 0.3) is 0 Å². The second-order valence-electron chi connectivity index (χ2n) is 5.70. The fraction of sp³-hybridized carbons (Fsp3) is 0.438. The van der Waals surface area contributed by atoms with E-state index < -0.39 is 0 Å². The Hall–Kier alpha value is -1.68. The van der Waals surface area contributed by atoms with Crippen LogP contribution in [0.15, 0.2) is 24.4 Å². The normalized spacial score (nSPS) is 21.8. The third-order valence-electron chi connectivity index (χ3n) is 4.36. The minimum atomic E-state index is -0.0688. The number of halogens is 1. The molecule has 1 aliphatic carbocycles. The fourth-order valence-corrected chi connectivity index (χ4v) is 3.06. The zero-order valence-electron chi connectivity index (χ0n) is 11.9. The molecular formula is C16H20FN3. The van der Waals surface area contributed by atoms with E-state index in [2.05, 4.69) is 22.4 Å². The molecule has 0 fully saturated rings. The molecular weight excluding hydrogens is 253 g/mol. The molecule has 2 unspecified atom stereocenters. The van der Waals surface area contributed by atoms with Gasteiger partial charge in [-0.2, -0.15) is 5.10 Å². The van der Waals surface area contributed by atoms with E-state index in [0.29, 0.717) is 5.92 Å². The highest BCUT2D eigenvalue weighted by Crippen LogP contribution is 2.35. The molecule has 2 N–H and O–H groups in total. The standard InChI is InChI=1S/C16H20FN3/c1-10-6-7-13-14(4-3-5-15(13)17)16(10)18-8-12-9-19-20-11(12)2/h3-5,9-10,16,18H,6-8H2,1-2H3,(H,19,20). The van der Waals surface area contributed by atoms with Crippen LogP contribution >= 0.6 is 0 Å². The van der Waals surface area contributed by atoms with Gasteiger partial charge in [0.25, 0.3) is 0 Å². The van der Waals surface area contributed by atoms with Crippen LogP contribution < -0.4 is 5.32 Å². The Labute approximate surface area is 118 Å². The van der Waals surface area contributed by atoms with E-state index in [4.69, 9.17) is 0 Å². The van der Waals surface area contributed by atoms with Crippen LogP contribution in [0.4, 0.5) is 4.39 Å². The lowest BCUT2D eigenvalue weighted by Crippen LogP contribution is -2.31. The zero-order chi connectivity index (χ0) is 14.1. The van der Waals surface area contributed by atoms with Gasteiger partial charge in [0.05, 0.1) is 6.20 Å². The van der Waals surface area contributed by atoms with Crippen LogP contribution in [0.3, 0.4) is 0 Å². The lowest BCUT2D eigenvalue weighted by Gasteiger charge is -2.32. The van der Waals surface area contributed by atoms with E-state index >= 15 is 0 Å². The summed E-state index contributed by atoms with van der Waals surface area (Å²) in [5.41, 5.74) is 4.25. The summed E-state index contributed by atoms with van der Waals surface area (Å²) in [6.45, 7) is 5.00. The monoisotopic (exact) mass is 273 g/mol. The van der Waals surface area contributed by atoms with Gasteiger partial charge >= 0.3 is 0 Å². The van der Waals surface area contributed by atoms with Gasteiger partial charge < -0.3 is 5.32 Å². The quantitative estimate of drug-likeness (QED) is 0.901. The van der Waals surface area contributed by atoms with E-state index in [1.54, 1.807) is 6.07 Å². The molecule has 20 heavy (non-hydrogen) atoms. The number of rotatable bonds is 3. The van der Waals surface area contributed by atoms with Crippen molar-refractivity contribution in [3.05, 3.63) is 52.6 Å². The van der Waals surface area contributed by atoms with E-state index in [9.17, 15) is 4.39 Å². The fourth-order valence-electron chi connectivity index (χ4n) is 3.06. The van der Waals surface area contributed by atoms with Crippen LogP contribution in [0.1, 0.15) is 41.8 Å². The summed E-state index contributed by atoms with van der Waals surface area (Å²) in [4.78, 5) is 0. The Morgan fingerprint density at radius 2 is 2.30 bits per heavy atom. The van der Waals surface area contributed by atoms with Crippen molar-refractivity contribution in [1.82, 2.24) is 15.5 Å². The number of aromatic nitrogens is 2. The summed E-state index contributed by atoms with van der Waals surface area (Å²) in [5, 5.41) is 10.6. The van der Waals surface area contributed by atoms with Crippen LogP contribution in [0.2, 0.25) is 0 Å². The van der Waals surface area contributed by atoms with E-state index in [1.165, 1.54) is 5.56 Å². The molecule has 0 aliphatic heterocycles. The first-order chi connectivity index (χ1) is 9.66. The third kappa shape index (κ3) is 2.36. The molecule has 0 spiro atoms. The summed E-state index contributed by atoms with van der Waals surface area (Å²) < 4.78 is 13.9. The molecule has 1 aliphatic rings. The molecule has 3 nitrogen and oxygen atoms in total. The van der Waals surface area contributed by atoms with Gasteiger partial charge in [0, 0.05) is 23.8 Å². The Bertz CT molecular complexity index is 606. The average molecular weight is 273 g/mol. The van der Waals surface area contributed by atoms with Gasteiger partial charge in [-0.3, -0.25) is 5.10 Å². The Kier molecular flexibility index (Phi) is 3.57. The van der Waals surface area contributed by atoms with Crippen molar-refractivity contribution in [3.63, 3.8) is 0 Å². The molecule has 1 heterocycles. The van der Waals surface area contributed by atoms with Crippen molar-refractivity contribution in [3.8, 4) is 0 Å². The summed E-state index contributed by atoms with van der Waals surface area (Å²) in [6, 6.07) is 5.63. The zero-order valence-corrected chi connectivity index (χ0v) is 11.9. The Morgan fingerprint density at radius 1 is 1.45 bits per heavy atom. The largest absolute Gasteiger partial charge is 0.305 e. The van der Waals surface area contributed by atoms with Gasteiger partial charge in [-0.25, -0.2) is 4.39 Å². The first kappa shape index (κ1) is 13.3. The highest BCUT2D eigenvalue weighted by atomic mass is 19.1. The maximum Gasteiger partial charge on any atom is 0.126 e. The number of aryl methyl sites for hydroxylation is 1. The molecule has 1 aromatic carbocycles. The van der Waals surface area contributed by atoms with Crippen LogP contribution in [-0.2, 0) is 13.0 Å². The SMILES string of the molecule is Cc1[nH]ncc1CNC1c2cccc(F)c2CCC1C. The van der Waals surface area contributed by atoms with Crippen molar-refractivity contribution in [1.29, 1.82) is 0 Å². The van der Waals surface area contributed by atoms with E-state index in [0.717, 1.165) is 36.2 Å². The lowest BCUT2D eigenvalue weighted by atomic mass is 9.80. The van der Waals surface area contributed by atoms with E-state index in [-0.39, 0.29) is 11.9 Å². The Balaban J connectivity index is 1.83. The molecule has 4 heteroatoms. The van der Waals surface area contributed by atoms with Gasteiger partial charge in [0.2, 0.25) is 0 Å². The molecule has 3 rings (SSSR count). The molecule has 0 saturated heterocycles. The minimum absolute atomic E-state index is 0.0688. The van der Waals surface area contributed by atoms with Crippen LogP contribution in [-0.4, -0.2) is 10.2 Å². The van der Waals surface area contributed by atoms with Crippen molar-refractivity contribution < 1.29 is 4.39 Å². The highest BCUT2D eigenvalue weighted by Gasteiger charge is 2.27. The number of nitrogens with zero attached hydrogens (tertiary/aromatic N) is 1. The van der Waals surface area contributed by atoms with Gasteiger partial charge in [-0.1, -0.05) is 19.1 Å². The first-order valence-corrected chi connectivity index (χ1v) is 7.16. The summed E-state index contributed by atoms with van der Waals surface area (Å²) in [6.07, 6.45) is 3.71. The maximum absolute atomic E-state index is 13.9. The van der Waals surface area contributed by atoms with Crippen LogP contribution in [0, 0.1) is 18.7 Å². The number of benzene rings is 1. The summed E-state index contributed by atoms with van der Waals surface area (Å²) >= 11 is 0. The number of fused-ring (bicyclic) bond motifs is 1. The molecule has 0 bridgehead atoms. The summed E-state index contributed by atoms with van der Waals surface area (Å²) in [5.74, 6) is 0.442. The molecule has 106 valence electrons. The number of H-pyrrole nitrogens is 1. The molecule has 0 saturated carbocycles. The van der Waals surface area contributed by atoms with Gasteiger partial charge in [0.15, 0.2) is 0 Å². The minimum Gasteiger partial charge on any atom is -0.305 e. The number of hydrogen-bond acceptors (Lipinski definition) is 2.